The molecule has 0 radical (unpaired) electrons. The summed E-state index contributed by atoms with van der Waals surface area (Å²) in [7, 11) is 3.36. The largest absolute Gasteiger partial charge is 0.463 e. The number of amides is 2. The number of allylic oxidation sites excluding steroid dienone is 2. The summed E-state index contributed by atoms with van der Waals surface area (Å²) >= 11 is 0. The number of urea groups is 1. The summed E-state index contributed by atoms with van der Waals surface area (Å²) in [5.41, 5.74) is 2.67. The average molecular weight is 572 g/mol. The van der Waals surface area contributed by atoms with Crippen molar-refractivity contribution in [2.75, 3.05) is 45.2 Å². The van der Waals surface area contributed by atoms with Crippen molar-refractivity contribution in [2.24, 2.45) is 5.92 Å². The number of nitrogens with zero attached hydrogens (tertiary/aromatic N) is 3. The number of ether oxygens (including phenoxy) is 2. The molecule has 8 heteroatoms. The first-order valence-corrected chi connectivity index (χ1v) is 15.0. The first kappa shape index (κ1) is 36.1. The number of carbonyl (C=O) groups is 3. The minimum absolute atomic E-state index is 0.143. The van der Waals surface area contributed by atoms with Crippen molar-refractivity contribution in [3.05, 3.63) is 53.3 Å². The van der Waals surface area contributed by atoms with Crippen LogP contribution in [0.15, 0.2) is 47.7 Å². The zero-order valence-corrected chi connectivity index (χ0v) is 26.8. The second-order valence-corrected chi connectivity index (χ2v) is 10.8. The van der Waals surface area contributed by atoms with Gasteiger partial charge in [-0.15, -0.1) is 0 Å². The molecule has 0 aliphatic rings. The summed E-state index contributed by atoms with van der Waals surface area (Å²) in [6.45, 7) is 17.2. The van der Waals surface area contributed by atoms with Crippen molar-refractivity contribution in [1.82, 2.24) is 9.80 Å². The molecule has 2 atom stereocenters. The zero-order chi connectivity index (χ0) is 30.9. The zero-order valence-electron chi connectivity index (χ0n) is 26.8. The Morgan fingerprint density at radius 3 is 2.17 bits per heavy atom. The topological polar surface area (TPSA) is 79.4 Å². The molecular formula is C33H53N3O5. The number of hydrogen-bond donors (Lipinski definition) is 0. The van der Waals surface area contributed by atoms with Gasteiger partial charge in [0.25, 0.3) is 0 Å². The van der Waals surface area contributed by atoms with Gasteiger partial charge in [0, 0.05) is 31.9 Å². The van der Waals surface area contributed by atoms with E-state index in [1.807, 2.05) is 51.1 Å². The fourth-order valence-electron chi connectivity index (χ4n) is 4.52. The fraction of sp³-hybridized carbons (Fsp3) is 0.606. The minimum atomic E-state index is -0.283. The number of esters is 1. The predicted octanol–water partition coefficient (Wildman–Crippen LogP) is 6.25. The van der Waals surface area contributed by atoms with Crippen LogP contribution in [-0.4, -0.2) is 80.6 Å². The SMILES string of the molecule is CCCC(Cc1ccc(N(C)C(=O)N(C)C(/C=C\C(C)OCCN(CC)CCC)=C(/C)C=O)cc1)C(=O)OC(C)C. The molecule has 8 nitrogen and oxygen atoms in total. The molecule has 2 amide bonds. The van der Waals surface area contributed by atoms with Crippen molar-refractivity contribution in [1.29, 1.82) is 0 Å². The highest BCUT2D eigenvalue weighted by Gasteiger charge is 2.22. The van der Waals surface area contributed by atoms with Crippen LogP contribution in [0.4, 0.5) is 10.5 Å². The van der Waals surface area contributed by atoms with Gasteiger partial charge in [-0.3, -0.25) is 19.4 Å². The Bertz CT molecular complexity index is 1000. The number of likely N-dealkylation sites (N-methyl/N-ethyl adjacent to an activating group) is 2. The van der Waals surface area contributed by atoms with Gasteiger partial charge in [-0.1, -0.05) is 45.4 Å². The van der Waals surface area contributed by atoms with Crippen LogP contribution >= 0.6 is 0 Å². The molecule has 0 saturated carbocycles. The number of anilines is 1. The third-order valence-corrected chi connectivity index (χ3v) is 6.94. The third kappa shape index (κ3) is 12.6. The minimum Gasteiger partial charge on any atom is -0.463 e. The van der Waals surface area contributed by atoms with E-state index in [-0.39, 0.29) is 30.1 Å². The number of hydrogen-bond acceptors (Lipinski definition) is 6. The first-order valence-electron chi connectivity index (χ1n) is 15.0. The van der Waals surface area contributed by atoms with Crippen LogP contribution in [0.2, 0.25) is 0 Å². The maximum atomic E-state index is 13.4. The van der Waals surface area contributed by atoms with E-state index >= 15 is 0 Å². The molecule has 41 heavy (non-hydrogen) atoms. The standard InChI is InChI=1S/C33H53N3O5/c1-10-13-29(32(38)41-25(4)5)23-28-15-17-30(18-16-28)34(8)33(39)35(9)31(26(6)24-37)19-14-27(7)40-22-21-36(12-3)20-11-2/h14-19,24-25,27,29H,10-13,20-23H2,1-9H3/b19-14-,31-26-. The molecular weight excluding hydrogens is 518 g/mol. The van der Waals surface area contributed by atoms with Crippen molar-refractivity contribution in [3.8, 4) is 0 Å². The molecule has 0 N–H and O–H groups in total. The van der Waals surface area contributed by atoms with Crippen molar-refractivity contribution < 1.29 is 23.9 Å². The van der Waals surface area contributed by atoms with Gasteiger partial charge >= 0.3 is 12.0 Å². The van der Waals surface area contributed by atoms with Crippen LogP contribution in [0, 0.1) is 5.92 Å². The number of aldehydes is 1. The Hall–Kier alpha value is -2.97. The van der Waals surface area contributed by atoms with Gasteiger partial charge in [0.15, 0.2) is 0 Å². The van der Waals surface area contributed by atoms with Crippen molar-refractivity contribution in [2.45, 2.75) is 86.4 Å². The van der Waals surface area contributed by atoms with Gasteiger partial charge in [0.1, 0.15) is 6.29 Å². The molecule has 0 heterocycles. The van der Waals surface area contributed by atoms with Crippen LogP contribution in [0.25, 0.3) is 0 Å². The first-order chi connectivity index (χ1) is 19.5. The maximum Gasteiger partial charge on any atom is 0.328 e. The molecule has 230 valence electrons. The fourth-order valence-corrected chi connectivity index (χ4v) is 4.52. The highest BCUT2D eigenvalue weighted by atomic mass is 16.5. The Labute approximate surface area is 248 Å². The number of rotatable bonds is 18. The van der Waals surface area contributed by atoms with Crippen molar-refractivity contribution in [3.63, 3.8) is 0 Å². The van der Waals surface area contributed by atoms with Crippen LogP contribution in [0.1, 0.15) is 73.3 Å². The molecule has 0 fully saturated rings. The molecule has 1 aromatic carbocycles. The lowest BCUT2D eigenvalue weighted by Crippen LogP contribution is -2.38. The van der Waals surface area contributed by atoms with Crippen molar-refractivity contribution >= 4 is 24.0 Å². The second-order valence-electron chi connectivity index (χ2n) is 10.8. The summed E-state index contributed by atoms with van der Waals surface area (Å²) < 4.78 is 11.4. The quantitative estimate of drug-likeness (QED) is 0.0897. The van der Waals surface area contributed by atoms with E-state index in [9.17, 15) is 14.4 Å². The molecule has 1 aromatic rings. The van der Waals surface area contributed by atoms with Gasteiger partial charge in [-0.05, 0) is 83.8 Å². The number of benzene rings is 1. The Morgan fingerprint density at radius 2 is 1.63 bits per heavy atom. The average Bonchev–Trinajstić information content (AvgIpc) is 2.95. The Morgan fingerprint density at radius 1 is 0.976 bits per heavy atom. The van der Waals surface area contributed by atoms with E-state index in [4.69, 9.17) is 9.47 Å². The molecule has 0 aromatic heterocycles. The molecule has 0 saturated heterocycles. The summed E-state index contributed by atoms with van der Waals surface area (Å²) in [6, 6.07) is 7.35. The third-order valence-electron chi connectivity index (χ3n) is 6.94. The van der Waals surface area contributed by atoms with Crippen LogP contribution in [0.3, 0.4) is 0 Å². The van der Waals surface area contributed by atoms with Gasteiger partial charge in [-0.25, -0.2) is 4.79 Å². The molecule has 0 aliphatic heterocycles. The molecule has 0 aliphatic carbocycles. The monoisotopic (exact) mass is 571 g/mol. The maximum absolute atomic E-state index is 13.4. The Kier molecular flexibility index (Phi) is 16.9. The predicted molar refractivity (Wildman–Crippen MR) is 167 cm³/mol. The normalized spacial score (nSPS) is 13.7. The van der Waals surface area contributed by atoms with Gasteiger partial charge in [-0.2, -0.15) is 0 Å². The molecule has 0 spiro atoms. The van der Waals surface area contributed by atoms with Crippen LogP contribution in [0.5, 0.6) is 0 Å². The summed E-state index contributed by atoms with van der Waals surface area (Å²) in [5, 5.41) is 0. The lowest BCUT2D eigenvalue weighted by atomic mass is 9.95. The van der Waals surface area contributed by atoms with E-state index in [0.29, 0.717) is 30.0 Å². The molecule has 1 rings (SSSR count). The van der Waals surface area contributed by atoms with E-state index in [0.717, 1.165) is 50.7 Å². The van der Waals surface area contributed by atoms with E-state index in [1.54, 1.807) is 32.0 Å². The summed E-state index contributed by atoms with van der Waals surface area (Å²) in [5.74, 6) is -0.366. The highest BCUT2D eigenvalue weighted by molar-refractivity contribution is 5.93. The van der Waals surface area contributed by atoms with Crippen LogP contribution < -0.4 is 4.90 Å². The van der Waals surface area contributed by atoms with Gasteiger partial charge in [0.05, 0.1) is 30.4 Å². The van der Waals surface area contributed by atoms with Gasteiger partial charge in [0.2, 0.25) is 0 Å². The molecule has 2 unspecified atom stereocenters. The molecule has 0 bridgehead atoms. The Balaban J connectivity index is 2.92. The summed E-state index contributed by atoms with van der Waals surface area (Å²) in [6.07, 6.45) is 7.43. The van der Waals surface area contributed by atoms with Gasteiger partial charge < -0.3 is 14.4 Å². The van der Waals surface area contributed by atoms with Crippen LogP contribution in [-0.2, 0) is 25.5 Å². The van der Waals surface area contributed by atoms with E-state index < -0.39 is 0 Å². The smallest absolute Gasteiger partial charge is 0.328 e. The second kappa shape index (κ2) is 19.2. The number of carbonyl (C=O) groups excluding carboxylic acids is 3. The lowest BCUT2D eigenvalue weighted by molar-refractivity contribution is -0.152. The van der Waals surface area contributed by atoms with E-state index in [1.165, 1.54) is 4.90 Å². The highest BCUT2D eigenvalue weighted by Crippen LogP contribution is 2.22. The summed E-state index contributed by atoms with van der Waals surface area (Å²) in [4.78, 5) is 42.9. The van der Waals surface area contributed by atoms with E-state index in [2.05, 4.69) is 25.7 Å². The lowest BCUT2D eigenvalue weighted by Gasteiger charge is -2.27.